The molecule has 0 saturated heterocycles. The normalized spacial score (nSPS) is 16.2. The lowest BCUT2D eigenvalue weighted by Gasteiger charge is -2.22. The number of hydrogen-bond acceptors (Lipinski definition) is 6. The van der Waals surface area contributed by atoms with Crippen molar-refractivity contribution in [2.24, 2.45) is 4.99 Å². The summed E-state index contributed by atoms with van der Waals surface area (Å²) in [7, 11) is 1.57. The molecule has 0 aromatic heterocycles. The Kier molecular flexibility index (Phi) is 6.84. The Labute approximate surface area is 197 Å². The molecule has 7 nitrogen and oxygen atoms in total. The van der Waals surface area contributed by atoms with Gasteiger partial charge in [-0.3, -0.25) is 15.1 Å². The largest absolute Gasteiger partial charge is 0.493 e. The highest BCUT2D eigenvalue weighted by Crippen LogP contribution is 2.31. The van der Waals surface area contributed by atoms with E-state index < -0.39 is 5.91 Å². The summed E-state index contributed by atoms with van der Waals surface area (Å²) in [6.07, 6.45) is 4.09. The molecule has 2 aliphatic rings. The number of ether oxygens (including phenoxy) is 3. The zero-order valence-electron chi connectivity index (χ0n) is 18.8. The second kappa shape index (κ2) is 9.95. The molecule has 0 saturated carbocycles. The van der Waals surface area contributed by atoms with Crippen molar-refractivity contribution in [1.82, 2.24) is 4.90 Å². The number of hydrogen-bond donors (Lipinski definition) is 1. The maximum absolute atomic E-state index is 12.4. The first kappa shape index (κ1) is 22.7. The van der Waals surface area contributed by atoms with E-state index in [1.165, 1.54) is 22.9 Å². The molecule has 170 valence electrons. The third kappa shape index (κ3) is 5.28. The summed E-state index contributed by atoms with van der Waals surface area (Å²) in [5.41, 5.74) is 3.30. The monoisotopic (exact) mass is 463 g/mol. The molecule has 33 heavy (non-hydrogen) atoms. The number of nitrogens with one attached hydrogen (secondary N) is 1. The van der Waals surface area contributed by atoms with Crippen LogP contribution in [-0.4, -0.2) is 42.1 Å². The number of nitrogens with zero attached hydrogens (tertiary/aromatic N) is 2. The van der Waals surface area contributed by atoms with Crippen LogP contribution in [0.4, 0.5) is 0 Å². The van der Waals surface area contributed by atoms with Crippen LogP contribution in [0.25, 0.3) is 6.08 Å². The van der Waals surface area contributed by atoms with Crippen LogP contribution in [-0.2, 0) is 4.79 Å². The van der Waals surface area contributed by atoms with Gasteiger partial charge in [0.1, 0.15) is 11.6 Å². The van der Waals surface area contributed by atoms with E-state index in [1.54, 1.807) is 41.8 Å². The van der Waals surface area contributed by atoms with Gasteiger partial charge < -0.3 is 14.2 Å². The molecule has 0 unspecified atom stereocenters. The Morgan fingerprint density at radius 3 is 2.58 bits per heavy atom. The van der Waals surface area contributed by atoms with Gasteiger partial charge in [-0.2, -0.15) is 4.99 Å². The molecule has 0 radical (unpaired) electrons. The minimum atomic E-state index is -0.425. The van der Waals surface area contributed by atoms with Crippen molar-refractivity contribution < 1.29 is 19.0 Å². The second-order valence-corrected chi connectivity index (χ2v) is 8.54. The first-order chi connectivity index (χ1) is 15.9. The lowest BCUT2D eigenvalue weighted by molar-refractivity contribution is -0.114. The van der Waals surface area contributed by atoms with Crippen molar-refractivity contribution in [3.05, 3.63) is 70.3 Å². The number of amides is 1. The van der Waals surface area contributed by atoms with Gasteiger partial charge >= 0.3 is 0 Å². The van der Waals surface area contributed by atoms with E-state index in [2.05, 4.69) is 24.9 Å². The molecular weight excluding hydrogens is 438 g/mol. The number of thioether (sulfide) groups is 1. The van der Waals surface area contributed by atoms with Gasteiger partial charge in [-0.15, -0.1) is 0 Å². The standard InChI is InChI=1S/C25H25N3O4S/c1-16-11-17(2)13-19(12-16)31-8-4-9-32-21-6-5-18(15-22(21)30-3)14-20-23(26)28-7-10-33-25(28)27-24(20)29/h5-7,10-15,26H,4,8-9H2,1-3H3/b20-14-,26-23?. The van der Waals surface area contributed by atoms with Gasteiger partial charge in [0.2, 0.25) is 0 Å². The number of rotatable bonds is 8. The van der Waals surface area contributed by atoms with Crippen molar-refractivity contribution in [3.63, 3.8) is 0 Å². The zero-order valence-corrected chi connectivity index (χ0v) is 19.6. The molecule has 8 heteroatoms. The Balaban J connectivity index is 1.37. The summed E-state index contributed by atoms with van der Waals surface area (Å²) < 4.78 is 17.2. The highest BCUT2D eigenvalue weighted by Gasteiger charge is 2.31. The number of fused-ring (bicyclic) bond motifs is 1. The number of amidine groups is 2. The van der Waals surface area contributed by atoms with E-state index in [4.69, 9.17) is 19.6 Å². The van der Waals surface area contributed by atoms with Gasteiger partial charge in [0.25, 0.3) is 5.91 Å². The molecule has 4 rings (SSSR count). The lowest BCUT2D eigenvalue weighted by atomic mass is 10.1. The Morgan fingerprint density at radius 2 is 1.82 bits per heavy atom. The van der Waals surface area contributed by atoms with Crippen molar-refractivity contribution in [3.8, 4) is 17.2 Å². The van der Waals surface area contributed by atoms with Crippen molar-refractivity contribution in [2.45, 2.75) is 20.3 Å². The van der Waals surface area contributed by atoms with Crippen LogP contribution in [0.1, 0.15) is 23.1 Å². The van der Waals surface area contributed by atoms with Gasteiger partial charge in [0.05, 0.1) is 25.9 Å². The molecular formula is C25H25N3O4S. The number of methoxy groups -OCH3 is 1. The predicted molar refractivity (Wildman–Crippen MR) is 131 cm³/mol. The van der Waals surface area contributed by atoms with Gasteiger partial charge in [-0.25, -0.2) is 0 Å². The number of aliphatic imine (C=N–C) groups is 1. The fourth-order valence-corrected chi connectivity index (χ4v) is 4.24. The Morgan fingerprint density at radius 1 is 1.06 bits per heavy atom. The summed E-state index contributed by atoms with van der Waals surface area (Å²) in [6, 6.07) is 11.6. The number of carbonyl (C=O) groups excluding carboxylic acids is 1. The molecule has 0 fully saturated rings. The van der Waals surface area contributed by atoms with Crippen LogP contribution in [0.15, 0.2) is 58.6 Å². The number of aryl methyl sites for hydroxylation is 2. The second-order valence-electron chi connectivity index (χ2n) is 7.66. The van der Waals surface area contributed by atoms with Crippen LogP contribution < -0.4 is 14.2 Å². The van der Waals surface area contributed by atoms with Gasteiger partial charge in [-0.1, -0.05) is 23.9 Å². The molecule has 0 atom stereocenters. The lowest BCUT2D eigenvalue weighted by Crippen LogP contribution is -2.35. The summed E-state index contributed by atoms with van der Waals surface area (Å²) in [4.78, 5) is 18.0. The fourth-order valence-electron chi connectivity index (χ4n) is 3.54. The first-order valence-corrected chi connectivity index (χ1v) is 11.4. The van der Waals surface area contributed by atoms with Crippen molar-refractivity contribution >= 4 is 34.7 Å². The van der Waals surface area contributed by atoms with E-state index in [1.807, 2.05) is 18.2 Å². The maximum Gasteiger partial charge on any atom is 0.283 e. The summed E-state index contributed by atoms with van der Waals surface area (Å²) in [6.45, 7) is 5.12. The quantitative estimate of drug-likeness (QED) is 0.441. The Bertz CT molecular complexity index is 1170. The van der Waals surface area contributed by atoms with Crippen LogP contribution in [0, 0.1) is 19.3 Å². The van der Waals surface area contributed by atoms with Gasteiger partial charge in [0.15, 0.2) is 16.7 Å². The zero-order chi connectivity index (χ0) is 23.4. The summed E-state index contributed by atoms with van der Waals surface area (Å²) >= 11 is 1.32. The smallest absolute Gasteiger partial charge is 0.283 e. The van der Waals surface area contributed by atoms with Crippen LogP contribution in [0.2, 0.25) is 0 Å². The topological polar surface area (TPSA) is 84.2 Å². The molecule has 0 spiro atoms. The third-order valence-corrected chi connectivity index (χ3v) is 5.78. The minimum Gasteiger partial charge on any atom is -0.493 e. The molecule has 1 N–H and O–H groups in total. The van der Waals surface area contributed by atoms with E-state index >= 15 is 0 Å². The summed E-state index contributed by atoms with van der Waals surface area (Å²) in [5.74, 6) is 1.70. The highest BCUT2D eigenvalue weighted by molar-refractivity contribution is 8.16. The van der Waals surface area contributed by atoms with Crippen molar-refractivity contribution in [1.29, 1.82) is 5.41 Å². The Hall–Kier alpha value is -3.52. The number of benzene rings is 2. The molecule has 0 bridgehead atoms. The molecule has 2 aromatic carbocycles. The van der Waals surface area contributed by atoms with Crippen LogP contribution in [0.5, 0.6) is 17.2 Å². The molecule has 1 amide bonds. The van der Waals surface area contributed by atoms with E-state index in [0.29, 0.717) is 29.9 Å². The van der Waals surface area contributed by atoms with Gasteiger partial charge in [0, 0.05) is 12.6 Å². The van der Waals surface area contributed by atoms with E-state index in [0.717, 1.165) is 17.7 Å². The molecule has 0 aliphatic carbocycles. The third-order valence-electron chi connectivity index (χ3n) is 5.02. The maximum atomic E-state index is 12.4. The average Bonchev–Trinajstić information content (AvgIpc) is 3.25. The molecule has 2 aliphatic heterocycles. The van der Waals surface area contributed by atoms with Crippen LogP contribution >= 0.6 is 11.8 Å². The minimum absolute atomic E-state index is 0.106. The highest BCUT2D eigenvalue weighted by atomic mass is 32.2. The van der Waals surface area contributed by atoms with Gasteiger partial charge in [-0.05, 0) is 66.3 Å². The number of carbonyl (C=O) groups is 1. The van der Waals surface area contributed by atoms with E-state index in [9.17, 15) is 4.79 Å². The summed E-state index contributed by atoms with van der Waals surface area (Å²) in [5, 5.41) is 10.6. The van der Waals surface area contributed by atoms with E-state index in [-0.39, 0.29) is 11.4 Å². The molecule has 2 heterocycles. The predicted octanol–water partition coefficient (Wildman–Crippen LogP) is 4.94. The van der Waals surface area contributed by atoms with Crippen LogP contribution in [0.3, 0.4) is 0 Å². The van der Waals surface area contributed by atoms with Crippen molar-refractivity contribution in [2.75, 3.05) is 20.3 Å². The SMILES string of the molecule is COc1cc(/C=C2/C(=N)N3C=CSC3=NC2=O)ccc1OCCCOc1cc(C)cc(C)c1. The molecule has 2 aromatic rings. The fraction of sp³-hybridized carbons (Fsp3) is 0.240. The average molecular weight is 464 g/mol. The first-order valence-electron chi connectivity index (χ1n) is 10.5.